The molecule has 0 unspecified atom stereocenters. The Morgan fingerprint density at radius 3 is 1.56 bits per heavy atom. The van der Waals surface area contributed by atoms with Crippen LogP contribution >= 0.6 is 0 Å². The van der Waals surface area contributed by atoms with Crippen molar-refractivity contribution < 1.29 is 34.1 Å². The summed E-state index contributed by atoms with van der Waals surface area (Å²) < 4.78 is 6.47. The van der Waals surface area contributed by atoms with E-state index in [1.807, 2.05) is 18.2 Å². The summed E-state index contributed by atoms with van der Waals surface area (Å²) in [6.07, 6.45) is 2.97. The fraction of sp³-hybridized carbons (Fsp3) is 0.167. The summed E-state index contributed by atoms with van der Waals surface area (Å²) in [4.78, 5) is 28.8. The Hall–Kier alpha value is -3.35. The number of rotatable bonds is 6. The first kappa shape index (κ1) is 21.6. The van der Waals surface area contributed by atoms with Crippen LogP contribution in [0.15, 0.2) is 56.2 Å². The minimum Gasteiger partial charge on any atom is -0.449 e. The molecule has 1 rings (SSSR count). The summed E-state index contributed by atoms with van der Waals surface area (Å²) in [6.45, 7) is 11.4. The lowest BCUT2D eigenvalue weighted by Gasteiger charge is -2.11. The van der Waals surface area contributed by atoms with Crippen molar-refractivity contribution in [2.45, 2.75) is 19.3 Å². The summed E-state index contributed by atoms with van der Waals surface area (Å²) in [5, 5.41) is 15.4. The molecule has 2 N–H and O–H groups in total. The molecule has 25 heavy (non-hydrogen) atoms. The van der Waals surface area contributed by atoms with Gasteiger partial charge in [0.05, 0.1) is 0 Å². The maximum Gasteiger partial charge on any atom is 0.528 e. The third-order valence-electron chi connectivity index (χ3n) is 2.79. The minimum atomic E-state index is -1.92. The number of hydrogen-bond donors (Lipinski definition) is 2. The predicted molar refractivity (Wildman–Crippen MR) is 91.8 cm³/mol. The second-order valence-corrected chi connectivity index (χ2v) is 4.52. The Morgan fingerprint density at radius 2 is 1.24 bits per heavy atom. The minimum absolute atomic E-state index is 0.924. The van der Waals surface area contributed by atoms with E-state index in [1.54, 1.807) is 0 Å². The normalized spacial score (nSPS) is 8.96. The van der Waals surface area contributed by atoms with Crippen molar-refractivity contribution in [3.63, 3.8) is 0 Å². The maximum atomic E-state index is 9.86. The van der Waals surface area contributed by atoms with Gasteiger partial charge in [-0.15, -0.1) is 19.7 Å². The molecule has 7 heteroatoms. The van der Waals surface area contributed by atoms with E-state index in [4.69, 9.17) is 10.2 Å². The highest BCUT2D eigenvalue weighted by molar-refractivity contribution is 5.82. The zero-order chi connectivity index (χ0) is 19.2. The number of benzene rings is 1. The van der Waals surface area contributed by atoms with E-state index in [1.165, 1.54) is 16.7 Å². The van der Waals surface area contributed by atoms with Crippen molar-refractivity contribution in [2.24, 2.45) is 0 Å². The third kappa shape index (κ3) is 9.39. The second kappa shape index (κ2) is 12.1. The molecule has 0 fully saturated rings. The highest BCUT2D eigenvalue weighted by Gasteiger charge is 2.13. The fourth-order valence-corrected chi connectivity index (χ4v) is 1.95. The van der Waals surface area contributed by atoms with E-state index in [2.05, 4.69) is 47.4 Å². The molecular formula is C18H20O7. The molecule has 134 valence electrons. The molecule has 1 aromatic rings. The molecule has 0 aliphatic rings. The molecule has 0 spiro atoms. The van der Waals surface area contributed by atoms with Gasteiger partial charge in [0, 0.05) is 0 Å². The zero-order valence-corrected chi connectivity index (χ0v) is 13.6. The summed E-state index contributed by atoms with van der Waals surface area (Å²) in [7, 11) is 0. The van der Waals surface area contributed by atoms with Crippen LogP contribution in [0.1, 0.15) is 16.7 Å². The third-order valence-corrected chi connectivity index (χ3v) is 2.79. The van der Waals surface area contributed by atoms with Gasteiger partial charge in [-0.3, -0.25) is 0 Å². The van der Waals surface area contributed by atoms with Crippen LogP contribution in [0.5, 0.6) is 0 Å². The lowest BCUT2D eigenvalue weighted by Crippen LogP contribution is -2.14. The van der Waals surface area contributed by atoms with E-state index >= 15 is 0 Å². The van der Waals surface area contributed by atoms with Crippen LogP contribution < -0.4 is 0 Å². The highest BCUT2D eigenvalue weighted by Crippen LogP contribution is 2.18. The first-order valence-electron chi connectivity index (χ1n) is 7.13. The fourth-order valence-electron chi connectivity index (χ4n) is 1.95. The van der Waals surface area contributed by atoms with Crippen molar-refractivity contribution in [1.82, 2.24) is 0 Å². The van der Waals surface area contributed by atoms with Crippen LogP contribution in [-0.2, 0) is 28.7 Å². The molecule has 0 amide bonds. The van der Waals surface area contributed by atoms with Gasteiger partial charge in [0.25, 0.3) is 0 Å². The lowest BCUT2D eigenvalue weighted by molar-refractivity contribution is 0.0548. The van der Waals surface area contributed by atoms with Gasteiger partial charge in [-0.2, -0.15) is 0 Å². The first-order valence-corrected chi connectivity index (χ1v) is 7.13. The van der Waals surface area contributed by atoms with Crippen LogP contribution in [-0.4, -0.2) is 28.7 Å². The van der Waals surface area contributed by atoms with E-state index in [-0.39, 0.29) is 0 Å². The number of allylic oxidation sites excluding steroid dienone is 3. The largest absolute Gasteiger partial charge is 0.528 e. The molecule has 1 aromatic carbocycles. The molecule has 0 aromatic heterocycles. The number of carbonyl (C=O) groups is 3. The smallest absolute Gasteiger partial charge is 0.449 e. The second-order valence-electron chi connectivity index (χ2n) is 4.52. The van der Waals surface area contributed by atoms with Gasteiger partial charge in [-0.05, 0) is 36.0 Å². The van der Waals surface area contributed by atoms with Gasteiger partial charge in [-0.25, -0.2) is 14.4 Å². The monoisotopic (exact) mass is 348 g/mol. The highest BCUT2D eigenvalue weighted by atomic mass is 16.8. The Kier molecular flexibility index (Phi) is 10.5. The van der Waals surface area contributed by atoms with Gasteiger partial charge < -0.3 is 19.7 Å². The van der Waals surface area contributed by atoms with Crippen molar-refractivity contribution >= 4 is 18.5 Å². The van der Waals surface area contributed by atoms with Crippen LogP contribution in [0, 0.1) is 0 Å². The Labute approximate surface area is 145 Å². The van der Waals surface area contributed by atoms with Crippen LogP contribution in [0.25, 0.3) is 0 Å². The van der Waals surface area contributed by atoms with Crippen molar-refractivity contribution in [1.29, 1.82) is 0 Å². The van der Waals surface area contributed by atoms with Crippen LogP contribution in [0.4, 0.5) is 14.4 Å². The van der Waals surface area contributed by atoms with Gasteiger partial charge in [-0.1, -0.05) is 36.4 Å². The number of carbonyl (C=O) groups excluding carboxylic acids is 1. The SMILES string of the molecule is C=CCc1cccc(CC=C)c1CC=C.O=C(O)OC(=O)OC(=O)O. The van der Waals surface area contributed by atoms with Gasteiger partial charge in [0.2, 0.25) is 0 Å². The van der Waals surface area contributed by atoms with Crippen molar-refractivity contribution in [3.05, 3.63) is 72.9 Å². The number of ether oxygens (including phenoxy) is 2. The molecule has 0 bridgehead atoms. The topological polar surface area (TPSA) is 110 Å². The molecular weight excluding hydrogens is 328 g/mol. The summed E-state index contributed by atoms with van der Waals surface area (Å²) >= 11 is 0. The van der Waals surface area contributed by atoms with Crippen LogP contribution in [0.3, 0.4) is 0 Å². The molecule has 7 nitrogen and oxygen atoms in total. The van der Waals surface area contributed by atoms with E-state index in [9.17, 15) is 14.4 Å². The average molecular weight is 348 g/mol. The molecule has 0 aliphatic heterocycles. The maximum absolute atomic E-state index is 9.86. The summed E-state index contributed by atoms with van der Waals surface area (Å²) in [5.41, 5.74) is 4.08. The summed E-state index contributed by atoms with van der Waals surface area (Å²) in [6, 6.07) is 6.42. The quantitative estimate of drug-likeness (QED) is 0.446. The molecule has 0 aliphatic carbocycles. The van der Waals surface area contributed by atoms with Gasteiger partial charge in [0.1, 0.15) is 0 Å². The Bertz CT molecular complexity index is 601. The van der Waals surface area contributed by atoms with Gasteiger partial charge >= 0.3 is 18.5 Å². The Morgan fingerprint density at radius 1 is 0.840 bits per heavy atom. The standard InChI is InChI=1S/C15H18.C3H2O7/c1-4-8-13-11-7-12-14(9-5-2)15(13)10-6-3;4-1(5)9-3(8)10-2(6)7/h4-7,11-12H,1-3,8-10H2;(H,4,5)(H,6,7). The first-order chi connectivity index (χ1) is 11.8. The molecule has 0 heterocycles. The van der Waals surface area contributed by atoms with Crippen molar-refractivity contribution in [2.75, 3.05) is 0 Å². The molecule has 0 saturated heterocycles. The van der Waals surface area contributed by atoms with E-state index in [0.29, 0.717) is 0 Å². The number of hydrogen-bond acceptors (Lipinski definition) is 5. The molecule has 0 atom stereocenters. The molecule has 0 saturated carbocycles. The van der Waals surface area contributed by atoms with Crippen molar-refractivity contribution in [3.8, 4) is 0 Å². The van der Waals surface area contributed by atoms with E-state index < -0.39 is 18.5 Å². The molecule has 0 radical (unpaired) electrons. The summed E-state index contributed by atoms with van der Waals surface area (Å²) in [5.74, 6) is 0. The zero-order valence-electron chi connectivity index (χ0n) is 13.6. The lowest BCUT2D eigenvalue weighted by atomic mass is 9.94. The van der Waals surface area contributed by atoms with E-state index in [0.717, 1.165) is 19.3 Å². The van der Waals surface area contributed by atoms with Gasteiger partial charge in [0.15, 0.2) is 0 Å². The predicted octanol–water partition coefficient (Wildman–Crippen LogP) is 4.37. The Balaban J connectivity index is 0.000000504. The van der Waals surface area contributed by atoms with Crippen LogP contribution in [0.2, 0.25) is 0 Å². The number of carboxylic acid groups (broad SMARTS) is 2. The average Bonchev–Trinajstić information content (AvgIpc) is 2.50.